The summed E-state index contributed by atoms with van der Waals surface area (Å²) < 4.78 is 1.11. The van der Waals surface area contributed by atoms with E-state index in [0.717, 1.165) is 10.1 Å². The summed E-state index contributed by atoms with van der Waals surface area (Å²) in [5.74, 6) is 0. The third-order valence-electron chi connectivity index (χ3n) is 1.18. The lowest BCUT2D eigenvalue weighted by Gasteiger charge is -1.96. The van der Waals surface area contributed by atoms with E-state index in [4.69, 9.17) is 0 Å². The molecule has 0 spiro atoms. The average molecular weight is 201 g/mol. The minimum atomic E-state index is 1.06. The van der Waals surface area contributed by atoms with Gasteiger partial charge in [-0.3, -0.25) is 0 Å². The molecule has 0 aliphatic rings. The quantitative estimate of drug-likeness (QED) is 0.596. The topological polar surface area (TPSA) is 0 Å². The van der Waals surface area contributed by atoms with Crippen molar-refractivity contribution < 1.29 is 0 Å². The van der Waals surface area contributed by atoms with Crippen LogP contribution in [0.5, 0.6) is 0 Å². The van der Waals surface area contributed by atoms with Crippen molar-refractivity contribution >= 4 is 15.9 Å². The van der Waals surface area contributed by atoms with Gasteiger partial charge in [0.15, 0.2) is 0 Å². The summed E-state index contributed by atoms with van der Waals surface area (Å²) in [6, 6.07) is 0. The highest BCUT2D eigenvalue weighted by Crippen LogP contribution is 2.17. The zero-order chi connectivity index (χ0) is 8.15. The van der Waals surface area contributed by atoms with Crippen molar-refractivity contribution in [3.8, 4) is 0 Å². The molecule has 0 bridgehead atoms. The van der Waals surface area contributed by atoms with Gasteiger partial charge in [-0.25, -0.2) is 0 Å². The van der Waals surface area contributed by atoms with Crippen molar-refractivity contribution in [3.05, 3.63) is 34.4 Å². The Balaban J connectivity index is 4.35. The van der Waals surface area contributed by atoms with E-state index in [9.17, 15) is 0 Å². The second-order valence-electron chi connectivity index (χ2n) is 2.31. The zero-order valence-electron chi connectivity index (χ0n) is 6.74. The van der Waals surface area contributed by atoms with Crippen LogP contribution in [-0.2, 0) is 0 Å². The number of allylic oxidation sites excluding steroid dienone is 5. The van der Waals surface area contributed by atoms with E-state index in [1.54, 1.807) is 0 Å². The molecular formula is C9H13Br. The Morgan fingerprint density at radius 2 is 1.90 bits per heavy atom. The van der Waals surface area contributed by atoms with Gasteiger partial charge in [0.2, 0.25) is 0 Å². The van der Waals surface area contributed by atoms with Crippen LogP contribution in [0.25, 0.3) is 0 Å². The highest BCUT2D eigenvalue weighted by molar-refractivity contribution is 9.12. The van der Waals surface area contributed by atoms with Gasteiger partial charge < -0.3 is 0 Å². The maximum atomic E-state index is 3.78. The van der Waals surface area contributed by atoms with Gasteiger partial charge in [-0.2, -0.15) is 0 Å². The molecule has 0 aromatic carbocycles. The fourth-order valence-electron chi connectivity index (χ4n) is 0.468. The zero-order valence-corrected chi connectivity index (χ0v) is 8.33. The summed E-state index contributed by atoms with van der Waals surface area (Å²) in [7, 11) is 0. The molecule has 0 nitrogen and oxygen atoms in total. The van der Waals surface area contributed by atoms with E-state index in [1.807, 2.05) is 19.9 Å². The predicted octanol–water partition coefficient (Wildman–Crippen LogP) is 3.81. The van der Waals surface area contributed by atoms with Gasteiger partial charge in [0.1, 0.15) is 0 Å². The molecule has 56 valence electrons. The molecule has 0 amide bonds. The third-order valence-corrected chi connectivity index (χ3v) is 2.04. The van der Waals surface area contributed by atoms with Crippen LogP contribution in [0.1, 0.15) is 20.8 Å². The van der Waals surface area contributed by atoms with Crippen molar-refractivity contribution in [2.45, 2.75) is 20.8 Å². The van der Waals surface area contributed by atoms with Gasteiger partial charge in [-0.1, -0.05) is 34.2 Å². The maximum Gasteiger partial charge on any atom is 0.0203 e. The smallest absolute Gasteiger partial charge is 0.0203 e. The standard InChI is InChI=1S/C9H13Br/c1-5-8(4)9(10)6-7(2)3/h5-6H,2H2,1,3-4H3/b8-5-,9-6+. The van der Waals surface area contributed by atoms with Crippen LogP contribution in [0.2, 0.25) is 0 Å². The molecule has 0 aromatic rings. The van der Waals surface area contributed by atoms with Crippen LogP contribution in [-0.4, -0.2) is 0 Å². The van der Waals surface area contributed by atoms with Crippen LogP contribution >= 0.6 is 15.9 Å². The second kappa shape index (κ2) is 4.51. The Kier molecular flexibility index (Phi) is 4.37. The molecule has 0 heterocycles. The fourth-order valence-corrected chi connectivity index (χ4v) is 1.09. The lowest BCUT2D eigenvalue weighted by atomic mass is 10.2. The second-order valence-corrected chi connectivity index (χ2v) is 3.16. The number of hydrogen-bond acceptors (Lipinski definition) is 0. The van der Waals surface area contributed by atoms with Crippen LogP contribution in [0.3, 0.4) is 0 Å². The molecule has 0 unspecified atom stereocenters. The van der Waals surface area contributed by atoms with E-state index < -0.39 is 0 Å². The van der Waals surface area contributed by atoms with Crippen LogP contribution < -0.4 is 0 Å². The maximum absolute atomic E-state index is 3.78. The van der Waals surface area contributed by atoms with Crippen LogP contribution in [0.4, 0.5) is 0 Å². The Labute approximate surface area is 71.5 Å². The molecule has 0 aromatic heterocycles. The summed E-state index contributed by atoms with van der Waals surface area (Å²) in [4.78, 5) is 0. The summed E-state index contributed by atoms with van der Waals surface area (Å²) in [5, 5.41) is 0. The fraction of sp³-hybridized carbons (Fsp3) is 0.333. The molecule has 0 saturated carbocycles. The molecule has 1 heteroatoms. The third kappa shape index (κ3) is 3.67. The molecular weight excluding hydrogens is 188 g/mol. The molecule has 0 rings (SSSR count). The van der Waals surface area contributed by atoms with Gasteiger partial charge in [0.05, 0.1) is 0 Å². The van der Waals surface area contributed by atoms with Crippen molar-refractivity contribution in [1.82, 2.24) is 0 Å². The van der Waals surface area contributed by atoms with Crippen LogP contribution in [0, 0.1) is 0 Å². The van der Waals surface area contributed by atoms with Gasteiger partial charge in [-0.05, 0) is 32.4 Å². The van der Waals surface area contributed by atoms with E-state index in [-0.39, 0.29) is 0 Å². The van der Waals surface area contributed by atoms with Gasteiger partial charge in [0, 0.05) is 4.48 Å². The molecule has 0 saturated heterocycles. The molecule has 0 N–H and O–H groups in total. The predicted molar refractivity (Wildman–Crippen MR) is 51.3 cm³/mol. The van der Waals surface area contributed by atoms with Gasteiger partial charge in [0.25, 0.3) is 0 Å². The van der Waals surface area contributed by atoms with E-state index in [2.05, 4.69) is 35.5 Å². The van der Waals surface area contributed by atoms with Crippen LogP contribution in [0.15, 0.2) is 34.4 Å². The summed E-state index contributed by atoms with van der Waals surface area (Å²) in [6.07, 6.45) is 4.07. The molecule has 0 atom stereocenters. The first-order valence-electron chi connectivity index (χ1n) is 3.24. The number of hydrogen-bond donors (Lipinski definition) is 0. The van der Waals surface area contributed by atoms with Gasteiger partial charge >= 0.3 is 0 Å². The van der Waals surface area contributed by atoms with E-state index in [1.165, 1.54) is 5.57 Å². The summed E-state index contributed by atoms with van der Waals surface area (Å²) >= 11 is 3.44. The van der Waals surface area contributed by atoms with Crippen molar-refractivity contribution in [2.75, 3.05) is 0 Å². The minimum absolute atomic E-state index is 1.06. The SMILES string of the molecule is C=C(C)/C=C(Br)\C(C)=C/C. The minimum Gasteiger partial charge on any atom is -0.0961 e. The molecule has 0 fully saturated rings. The van der Waals surface area contributed by atoms with Crippen molar-refractivity contribution in [1.29, 1.82) is 0 Å². The molecule has 10 heavy (non-hydrogen) atoms. The number of rotatable bonds is 2. The highest BCUT2D eigenvalue weighted by Gasteiger charge is 1.91. The molecule has 0 aliphatic heterocycles. The monoisotopic (exact) mass is 200 g/mol. The normalized spacial score (nSPS) is 13.6. The van der Waals surface area contributed by atoms with Crippen molar-refractivity contribution in [2.24, 2.45) is 0 Å². The Bertz CT molecular complexity index is 185. The Morgan fingerprint density at radius 1 is 1.40 bits per heavy atom. The largest absolute Gasteiger partial charge is 0.0961 e. The first-order chi connectivity index (χ1) is 4.57. The molecule has 0 radical (unpaired) electrons. The lowest BCUT2D eigenvalue weighted by molar-refractivity contribution is 1.44. The first-order valence-corrected chi connectivity index (χ1v) is 4.03. The first kappa shape index (κ1) is 9.70. The van der Waals surface area contributed by atoms with E-state index >= 15 is 0 Å². The Morgan fingerprint density at radius 3 is 2.20 bits per heavy atom. The number of halogens is 1. The highest BCUT2D eigenvalue weighted by atomic mass is 79.9. The molecule has 0 aliphatic carbocycles. The average Bonchev–Trinajstić information content (AvgIpc) is 1.85. The Hall–Kier alpha value is -0.300. The summed E-state index contributed by atoms with van der Waals surface area (Å²) in [5.41, 5.74) is 2.30. The van der Waals surface area contributed by atoms with Gasteiger partial charge in [-0.15, -0.1) is 0 Å². The lowest BCUT2D eigenvalue weighted by Crippen LogP contribution is -1.74. The summed E-state index contributed by atoms with van der Waals surface area (Å²) in [6.45, 7) is 9.83. The van der Waals surface area contributed by atoms with Crippen molar-refractivity contribution in [3.63, 3.8) is 0 Å². The van der Waals surface area contributed by atoms with E-state index in [0.29, 0.717) is 0 Å².